The van der Waals surface area contributed by atoms with E-state index in [9.17, 15) is 13.2 Å². The number of carbonyl (C=O) groups excluding carboxylic acids is 1. The number of hydrogen-bond acceptors (Lipinski definition) is 4. The molecular weight excluding hydrogens is 368 g/mol. The van der Waals surface area contributed by atoms with Gasteiger partial charge in [-0.25, -0.2) is 8.42 Å². The van der Waals surface area contributed by atoms with Crippen molar-refractivity contribution < 1.29 is 13.2 Å². The number of rotatable bonds is 7. The van der Waals surface area contributed by atoms with Crippen molar-refractivity contribution in [2.75, 3.05) is 28.7 Å². The standard InChI is InChI=1S/C19H24N2O3S2/c1-14-8-15(2)10-16(9-14)12-25-13-19(22)20-17-6-5-7-18(11-17)21(3)26(4,23)24/h5-11H,12-13H2,1-4H3,(H,20,22). The monoisotopic (exact) mass is 392 g/mol. The van der Waals surface area contributed by atoms with Crippen molar-refractivity contribution in [3.8, 4) is 0 Å². The molecule has 26 heavy (non-hydrogen) atoms. The molecule has 0 aliphatic heterocycles. The number of benzene rings is 2. The fourth-order valence-corrected chi connectivity index (χ4v) is 3.84. The number of carbonyl (C=O) groups is 1. The van der Waals surface area contributed by atoms with Gasteiger partial charge >= 0.3 is 0 Å². The van der Waals surface area contributed by atoms with Gasteiger partial charge in [-0.3, -0.25) is 9.10 Å². The highest BCUT2D eigenvalue weighted by Gasteiger charge is 2.12. The van der Waals surface area contributed by atoms with E-state index in [2.05, 4.69) is 37.4 Å². The van der Waals surface area contributed by atoms with Gasteiger partial charge in [0.05, 0.1) is 17.7 Å². The van der Waals surface area contributed by atoms with Crippen molar-refractivity contribution in [3.05, 3.63) is 59.2 Å². The minimum Gasteiger partial charge on any atom is -0.325 e. The zero-order valence-electron chi connectivity index (χ0n) is 15.4. The number of anilines is 2. The van der Waals surface area contributed by atoms with Gasteiger partial charge in [-0.05, 0) is 37.6 Å². The van der Waals surface area contributed by atoms with Crippen molar-refractivity contribution in [2.24, 2.45) is 0 Å². The molecule has 0 bridgehead atoms. The average Bonchev–Trinajstić information content (AvgIpc) is 2.52. The van der Waals surface area contributed by atoms with Crippen LogP contribution < -0.4 is 9.62 Å². The Morgan fingerprint density at radius 1 is 1.12 bits per heavy atom. The van der Waals surface area contributed by atoms with E-state index < -0.39 is 10.0 Å². The molecule has 1 N–H and O–H groups in total. The van der Waals surface area contributed by atoms with E-state index in [1.807, 2.05) is 0 Å². The quantitative estimate of drug-likeness (QED) is 0.782. The third-order valence-electron chi connectivity index (χ3n) is 3.77. The largest absolute Gasteiger partial charge is 0.325 e. The number of sulfonamides is 1. The number of nitrogens with zero attached hydrogens (tertiary/aromatic N) is 1. The Bertz CT molecular complexity index is 875. The molecule has 0 aliphatic rings. The molecule has 1 amide bonds. The van der Waals surface area contributed by atoms with E-state index in [-0.39, 0.29) is 5.91 Å². The lowest BCUT2D eigenvalue weighted by Gasteiger charge is -2.17. The van der Waals surface area contributed by atoms with Crippen molar-refractivity contribution in [1.82, 2.24) is 0 Å². The first-order valence-corrected chi connectivity index (χ1v) is 11.1. The van der Waals surface area contributed by atoms with Crippen LogP contribution in [-0.4, -0.2) is 33.4 Å². The summed E-state index contributed by atoms with van der Waals surface area (Å²) in [5, 5.41) is 2.82. The van der Waals surface area contributed by atoms with Crippen LogP contribution in [0.25, 0.3) is 0 Å². The van der Waals surface area contributed by atoms with E-state index in [1.165, 1.54) is 28.0 Å². The van der Waals surface area contributed by atoms with Crippen molar-refractivity contribution >= 4 is 39.1 Å². The van der Waals surface area contributed by atoms with Gasteiger partial charge < -0.3 is 5.32 Å². The number of amides is 1. The Hall–Kier alpha value is -1.99. The van der Waals surface area contributed by atoms with Crippen LogP contribution >= 0.6 is 11.8 Å². The smallest absolute Gasteiger partial charge is 0.234 e. The number of nitrogens with one attached hydrogen (secondary N) is 1. The highest BCUT2D eigenvalue weighted by Crippen LogP contribution is 2.21. The molecule has 2 aromatic rings. The molecule has 0 heterocycles. The summed E-state index contributed by atoms with van der Waals surface area (Å²) < 4.78 is 24.4. The molecule has 2 rings (SSSR count). The first-order valence-electron chi connectivity index (χ1n) is 8.14. The van der Waals surface area contributed by atoms with Crippen LogP contribution in [0.15, 0.2) is 42.5 Å². The lowest BCUT2D eigenvalue weighted by Crippen LogP contribution is -2.25. The minimum absolute atomic E-state index is 0.112. The summed E-state index contributed by atoms with van der Waals surface area (Å²) in [7, 11) is -1.85. The van der Waals surface area contributed by atoms with Crippen LogP contribution in [0.3, 0.4) is 0 Å². The predicted octanol–water partition coefficient (Wildman–Crippen LogP) is 3.57. The highest BCUT2D eigenvalue weighted by atomic mass is 32.2. The molecule has 0 saturated carbocycles. The Morgan fingerprint density at radius 3 is 2.38 bits per heavy atom. The molecule has 0 aliphatic carbocycles. The van der Waals surface area contributed by atoms with Gasteiger partial charge in [0.1, 0.15) is 0 Å². The van der Waals surface area contributed by atoms with Crippen LogP contribution in [0.5, 0.6) is 0 Å². The fraction of sp³-hybridized carbons (Fsp3) is 0.316. The zero-order valence-corrected chi connectivity index (χ0v) is 17.1. The molecule has 0 saturated heterocycles. The number of thioether (sulfide) groups is 1. The lowest BCUT2D eigenvalue weighted by molar-refractivity contribution is -0.113. The van der Waals surface area contributed by atoms with Gasteiger partial charge in [-0.1, -0.05) is 35.4 Å². The zero-order chi connectivity index (χ0) is 19.3. The predicted molar refractivity (Wildman–Crippen MR) is 110 cm³/mol. The molecule has 7 heteroatoms. The summed E-state index contributed by atoms with van der Waals surface area (Å²) in [5.41, 5.74) is 4.73. The average molecular weight is 393 g/mol. The second kappa shape index (κ2) is 8.60. The van der Waals surface area contributed by atoms with Gasteiger partial charge in [0.25, 0.3) is 0 Å². The normalized spacial score (nSPS) is 11.2. The van der Waals surface area contributed by atoms with E-state index in [0.717, 1.165) is 12.0 Å². The molecule has 2 aromatic carbocycles. The Morgan fingerprint density at radius 2 is 1.77 bits per heavy atom. The summed E-state index contributed by atoms with van der Waals surface area (Å²) in [6.07, 6.45) is 1.14. The first-order chi connectivity index (χ1) is 12.1. The summed E-state index contributed by atoms with van der Waals surface area (Å²) in [4.78, 5) is 12.2. The second-order valence-electron chi connectivity index (χ2n) is 6.32. The van der Waals surface area contributed by atoms with Crippen molar-refractivity contribution in [1.29, 1.82) is 0 Å². The topological polar surface area (TPSA) is 66.5 Å². The van der Waals surface area contributed by atoms with Crippen LogP contribution in [0.4, 0.5) is 11.4 Å². The van der Waals surface area contributed by atoms with Gasteiger partial charge in [-0.2, -0.15) is 0 Å². The highest BCUT2D eigenvalue weighted by molar-refractivity contribution is 7.99. The lowest BCUT2D eigenvalue weighted by atomic mass is 10.1. The molecule has 0 radical (unpaired) electrons. The van der Waals surface area contributed by atoms with Gasteiger partial charge in [-0.15, -0.1) is 11.8 Å². The third kappa shape index (κ3) is 6.07. The van der Waals surface area contributed by atoms with Crippen LogP contribution in [0.2, 0.25) is 0 Å². The number of hydrogen-bond donors (Lipinski definition) is 1. The molecule has 0 unspecified atom stereocenters. The number of aryl methyl sites for hydroxylation is 2. The van der Waals surface area contributed by atoms with E-state index in [1.54, 1.807) is 36.0 Å². The summed E-state index contributed by atoms with van der Waals surface area (Å²) in [6.45, 7) is 4.13. The maximum absolute atomic E-state index is 12.2. The summed E-state index contributed by atoms with van der Waals surface area (Å²) in [6, 6.07) is 13.2. The Balaban J connectivity index is 1.91. The molecular formula is C19H24N2O3S2. The second-order valence-corrected chi connectivity index (χ2v) is 9.32. The van der Waals surface area contributed by atoms with Gasteiger partial charge in [0, 0.05) is 18.5 Å². The SMILES string of the molecule is Cc1cc(C)cc(CSCC(=O)Nc2cccc(N(C)S(C)(=O)=O)c2)c1. The third-order valence-corrected chi connectivity index (χ3v) is 5.98. The molecule has 0 aromatic heterocycles. The molecule has 0 spiro atoms. The maximum Gasteiger partial charge on any atom is 0.234 e. The first kappa shape index (κ1) is 20.3. The van der Waals surface area contributed by atoms with Crippen LogP contribution in [0, 0.1) is 13.8 Å². The van der Waals surface area contributed by atoms with Crippen molar-refractivity contribution in [2.45, 2.75) is 19.6 Å². The van der Waals surface area contributed by atoms with Crippen LogP contribution in [-0.2, 0) is 20.6 Å². The maximum atomic E-state index is 12.2. The Labute approximate surface area is 159 Å². The van der Waals surface area contributed by atoms with E-state index >= 15 is 0 Å². The summed E-state index contributed by atoms with van der Waals surface area (Å²) >= 11 is 1.55. The van der Waals surface area contributed by atoms with Crippen LogP contribution in [0.1, 0.15) is 16.7 Å². The molecule has 5 nitrogen and oxygen atoms in total. The minimum atomic E-state index is -3.34. The fourth-order valence-electron chi connectivity index (χ4n) is 2.58. The summed E-state index contributed by atoms with van der Waals surface area (Å²) in [5.74, 6) is 0.991. The Kier molecular flexibility index (Phi) is 6.72. The van der Waals surface area contributed by atoms with E-state index in [0.29, 0.717) is 17.1 Å². The molecule has 0 fully saturated rings. The van der Waals surface area contributed by atoms with E-state index in [4.69, 9.17) is 0 Å². The molecule has 140 valence electrons. The molecule has 0 atom stereocenters. The van der Waals surface area contributed by atoms with Crippen molar-refractivity contribution in [3.63, 3.8) is 0 Å². The van der Waals surface area contributed by atoms with Gasteiger partial charge in [0.2, 0.25) is 15.9 Å². The van der Waals surface area contributed by atoms with Gasteiger partial charge in [0.15, 0.2) is 0 Å².